The van der Waals surface area contributed by atoms with E-state index in [0.29, 0.717) is 12.5 Å². The molecule has 5 heteroatoms. The van der Waals surface area contributed by atoms with Gasteiger partial charge in [-0.2, -0.15) is 0 Å². The highest BCUT2D eigenvalue weighted by molar-refractivity contribution is 7.80. The summed E-state index contributed by atoms with van der Waals surface area (Å²) in [5.74, 6) is -0.0152. The molecule has 98 valence electrons. The molecule has 1 rings (SSSR count). The van der Waals surface area contributed by atoms with Crippen molar-refractivity contribution in [1.29, 1.82) is 0 Å². The molecule has 0 aromatic rings. The van der Waals surface area contributed by atoms with Crippen LogP contribution in [0.15, 0.2) is 0 Å². The third-order valence-electron chi connectivity index (χ3n) is 3.59. The number of nitrogens with two attached hydrogens (primary N) is 1. The molecule has 3 unspecified atom stereocenters. The van der Waals surface area contributed by atoms with Crippen LogP contribution in [0.3, 0.4) is 0 Å². The highest BCUT2D eigenvalue weighted by Gasteiger charge is 2.38. The fourth-order valence-corrected chi connectivity index (χ4v) is 2.85. The third kappa shape index (κ3) is 2.96. The van der Waals surface area contributed by atoms with Crippen LogP contribution >= 0.6 is 12.2 Å². The van der Waals surface area contributed by atoms with Gasteiger partial charge in [-0.15, -0.1) is 0 Å². The van der Waals surface area contributed by atoms with Gasteiger partial charge in [-0.1, -0.05) is 33.0 Å². The molecule has 1 saturated heterocycles. The molecule has 0 saturated carbocycles. The molecule has 0 radical (unpaired) electrons. The highest BCUT2D eigenvalue weighted by atomic mass is 32.1. The summed E-state index contributed by atoms with van der Waals surface area (Å²) in [5, 5.41) is 9.36. The van der Waals surface area contributed by atoms with Gasteiger partial charge >= 0.3 is 0 Å². The summed E-state index contributed by atoms with van der Waals surface area (Å²) in [5.41, 5.74) is 5.65. The van der Waals surface area contributed by atoms with E-state index in [-0.39, 0.29) is 29.5 Å². The molecule has 1 fully saturated rings. The lowest BCUT2D eigenvalue weighted by molar-refractivity contribution is -0.136. The second kappa shape index (κ2) is 5.78. The van der Waals surface area contributed by atoms with Crippen LogP contribution in [0.25, 0.3) is 0 Å². The minimum Gasteiger partial charge on any atom is -0.394 e. The van der Waals surface area contributed by atoms with Gasteiger partial charge in [0, 0.05) is 6.54 Å². The molecular formula is C12H22N2O2S. The molecule has 1 amide bonds. The number of nitrogens with zero attached hydrogens (tertiary/aromatic N) is 1. The summed E-state index contributed by atoms with van der Waals surface area (Å²) in [4.78, 5) is 14.4. The largest absolute Gasteiger partial charge is 0.394 e. The van der Waals surface area contributed by atoms with Crippen molar-refractivity contribution in [2.24, 2.45) is 23.5 Å². The molecule has 4 nitrogen and oxygen atoms in total. The van der Waals surface area contributed by atoms with Gasteiger partial charge in [-0.05, 0) is 18.3 Å². The number of amides is 1. The van der Waals surface area contributed by atoms with Crippen LogP contribution in [-0.4, -0.2) is 40.1 Å². The number of aliphatic hydroxyl groups excluding tert-OH is 1. The second-order valence-electron chi connectivity index (χ2n) is 5.17. The Morgan fingerprint density at radius 1 is 1.59 bits per heavy atom. The Labute approximate surface area is 108 Å². The van der Waals surface area contributed by atoms with Gasteiger partial charge < -0.3 is 15.7 Å². The van der Waals surface area contributed by atoms with Gasteiger partial charge in [-0.3, -0.25) is 4.79 Å². The van der Waals surface area contributed by atoms with Gasteiger partial charge in [0.2, 0.25) is 5.91 Å². The van der Waals surface area contributed by atoms with Gasteiger partial charge in [0.05, 0.1) is 23.6 Å². The molecule has 3 atom stereocenters. The lowest BCUT2D eigenvalue weighted by Gasteiger charge is -2.30. The van der Waals surface area contributed by atoms with E-state index in [9.17, 15) is 9.90 Å². The first-order valence-electron chi connectivity index (χ1n) is 6.10. The third-order valence-corrected chi connectivity index (χ3v) is 3.85. The number of carbonyl (C=O) groups is 1. The zero-order valence-electron chi connectivity index (χ0n) is 10.7. The molecule has 1 heterocycles. The Bertz CT molecular complexity index is 307. The lowest BCUT2D eigenvalue weighted by Crippen LogP contribution is -2.47. The Hall–Kier alpha value is -0.680. The summed E-state index contributed by atoms with van der Waals surface area (Å²) < 4.78 is 0. The van der Waals surface area contributed by atoms with Crippen LogP contribution in [0.5, 0.6) is 0 Å². The maximum atomic E-state index is 12.4. The predicted octanol–water partition coefficient (Wildman–Crippen LogP) is 0.774. The van der Waals surface area contributed by atoms with Crippen molar-refractivity contribution in [3.63, 3.8) is 0 Å². The van der Waals surface area contributed by atoms with E-state index in [2.05, 4.69) is 6.92 Å². The number of hydrogen-bond acceptors (Lipinski definition) is 3. The van der Waals surface area contributed by atoms with E-state index in [1.165, 1.54) is 0 Å². The number of hydrogen-bond donors (Lipinski definition) is 2. The van der Waals surface area contributed by atoms with Crippen LogP contribution in [0.2, 0.25) is 0 Å². The Balaban J connectivity index is 2.84. The van der Waals surface area contributed by atoms with Crippen molar-refractivity contribution < 1.29 is 9.90 Å². The molecule has 1 aliphatic heterocycles. The minimum absolute atomic E-state index is 0.00898. The molecule has 3 N–H and O–H groups in total. The zero-order chi connectivity index (χ0) is 13.2. The molecule has 0 aromatic carbocycles. The molecule has 0 bridgehead atoms. The predicted molar refractivity (Wildman–Crippen MR) is 71.5 cm³/mol. The molecule has 0 spiro atoms. The standard InChI is InChI=1S/C12H22N2O2S/c1-7(2)10(11(13)17)12(16)14-5-4-8(3)9(14)6-15/h7-10,15H,4-6H2,1-3H3,(H2,13,17). The van der Waals surface area contributed by atoms with Crippen molar-refractivity contribution in [1.82, 2.24) is 4.90 Å². The molecule has 0 aromatic heterocycles. The average molecular weight is 258 g/mol. The molecule has 0 aliphatic carbocycles. The van der Waals surface area contributed by atoms with Gasteiger partial charge in [-0.25, -0.2) is 0 Å². The van der Waals surface area contributed by atoms with E-state index in [4.69, 9.17) is 18.0 Å². The first-order chi connectivity index (χ1) is 7.90. The number of likely N-dealkylation sites (tertiary alicyclic amines) is 1. The topological polar surface area (TPSA) is 66.6 Å². The summed E-state index contributed by atoms with van der Waals surface area (Å²) in [6.45, 7) is 6.63. The van der Waals surface area contributed by atoms with Crippen LogP contribution in [0.4, 0.5) is 0 Å². The van der Waals surface area contributed by atoms with Crippen molar-refractivity contribution in [3.05, 3.63) is 0 Å². The smallest absolute Gasteiger partial charge is 0.233 e. The van der Waals surface area contributed by atoms with Crippen molar-refractivity contribution in [3.8, 4) is 0 Å². The number of carbonyl (C=O) groups excluding carboxylic acids is 1. The summed E-state index contributed by atoms with van der Waals surface area (Å²) in [6, 6.07) is -0.0851. The number of aliphatic hydroxyl groups is 1. The molecular weight excluding hydrogens is 236 g/mol. The average Bonchev–Trinajstić information content (AvgIpc) is 2.58. The van der Waals surface area contributed by atoms with E-state index in [0.717, 1.165) is 6.42 Å². The first-order valence-corrected chi connectivity index (χ1v) is 6.51. The number of thiocarbonyl (C=S) groups is 1. The van der Waals surface area contributed by atoms with Crippen molar-refractivity contribution in [2.75, 3.05) is 13.2 Å². The van der Waals surface area contributed by atoms with E-state index < -0.39 is 5.92 Å². The van der Waals surface area contributed by atoms with Crippen molar-refractivity contribution >= 4 is 23.1 Å². The Morgan fingerprint density at radius 3 is 2.59 bits per heavy atom. The first kappa shape index (κ1) is 14.4. The SMILES string of the molecule is CC(C)C(C(=O)N1CCC(C)C1CO)C(N)=S. The second-order valence-corrected chi connectivity index (χ2v) is 5.64. The fraction of sp³-hybridized carbons (Fsp3) is 0.833. The van der Waals surface area contributed by atoms with Gasteiger partial charge in [0.15, 0.2) is 0 Å². The van der Waals surface area contributed by atoms with E-state index in [1.54, 1.807) is 4.90 Å². The summed E-state index contributed by atoms with van der Waals surface area (Å²) in [7, 11) is 0. The van der Waals surface area contributed by atoms with Crippen LogP contribution < -0.4 is 5.73 Å². The quantitative estimate of drug-likeness (QED) is 0.731. The van der Waals surface area contributed by atoms with Crippen LogP contribution in [-0.2, 0) is 4.79 Å². The van der Waals surface area contributed by atoms with E-state index in [1.807, 2.05) is 13.8 Å². The van der Waals surface area contributed by atoms with Gasteiger partial charge in [0.25, 0.3) is 0 Å². The molecule has 1 aliphatic rings. The van der Waals surface area contributed by atoms with Crippen LogP contribution in [0, 0.1) is 17.8 Å². The monoisotopic (exact) mass is 258 g/mol. The van der Waals surface area contributed by atoms with E-state index >= 15 is 0 Å². The number of rotatable bonds is 4. The summed E-state index contributed by atoms with van der Waals surface area (Å²) in [6.07, 6.45) is 0.930. The van der Waals surface area contributed by atoms with Crippen LogP contribution in [0.1, 0.15) is 27.2 Å². The van der Waals surface area contributed by atoms with Crippen molar-refractivity contribution in [2.45, 2.75) is 33.2 Å². The minimum atomic E-state index is -0.413. The normalized spacial score (nSPS) is 26.3. The maximum absolute atomic E-state index is 12.4. The Morgan fingerprint density at radius 2 is 2.18 bits per heavy atom. The highest BCUT2D eigenvalue weighted by Crippen LogP contribution is 2.27. The Kier molecular flexibility index (Phi) is 4.89. The summed E-state index contributed by atoms with van der Waals surface area (Å²) >= 11 is 4.98. The lowest BCUT2D eigenvalue weighted by atomic mass is 9.93. The zero-order valence-corrected chi connectivity index (χ0v) is 11.5. The van der Waals surface area contributed by atoms with Gasteiger partial charge in [0.1, 0.15) is 0 Å². The fourth-order valence-electron chi connectivity index (χ4n) is 2.47. The molecule has 17 heavy (non-hydrogen) atoms. The maximum Gasteiger partial charge on any atom is 0.233 e.